The minimum atomic E-state index is -2.21. The number of aliphatic imine (C=N–C) groups is 1. The van der Waals surface area contributed by atoms with Gasteiger partial charge in [-0.2, -0.15) is 0 Å². The van der Waals surface area contributed by atoms with Gasteiger partial charge in [-0.05, 0) is 78.8 Å². The molecule has 3 aromatic rings. The Hall–Kier alpha value is -3.69. The van der Waals surface area contributed by atoms with Crippen LogP contribution in [0.15, 0.2) is 57.0 Å². The fourth-order valence-corrected chi connectivity index (χ4v) is 5.14. The van der Waals surface area contributed by atoms with Crippen LogP contribution < -0.4 is 16.6 Å². The van der Waals surface area contributed by atoms with E-state index in [2.05, 4.69) is 10.3 Å². The van der Waals surface area contributed by atoms with E-state index >= 15 is 0 Å². The molecule has 1 fully saturated rings. The highest BCUT2D eigenvalue weighted by Crippen LogP contribution is 2.38. The zero-order valence-electron chi connectivity index (χ0n) is 21.1. The molecule has 0 spiro atoms. The van der Waals surface area contributed by atoms with Crippen LogP contribution >= 0.6 is 22.6 Å². The fraction of sp³-hybridized carbons (Fsp3) is 0.269. The van der Waals surface area contributed by atoms with Crippen molar-refractivity contribution in [3.8, 4) is 5.69 Å². The number of carbonyl (C=O) groups is 2. The van der Waals surface area contributed by atoms with Crippen LogP contribution in [0.1, 0.15) is 44.0 Å². The van der Waals surface area contributed by atoms with Crippen LogP contribution in [-0.2, 0) is 20.1 Å². The Morgan fingerprint density at radius 2 is 1.92 bits per heavy atom. The number of halogens is 2. The molecule has 1 aliphatic carbocycles. The van der Waals surface area contributed by atoms with Crippen molar-refractivity contribution in [2.24, 2.45) is 4.99 Å². The number of aromatic nitrogens is 2. The summed E-state index contributed by atoms with van der Waals surface area (Å²) in [6.45, 7) is 2.55. The third kappa shape index (κ3) is 4.49. The number of likely N-dealkylation sites (N-methyl/N-ethyl adjacent to an activating group) is 1. The van der Waals surface area contributed by atoms with Gasteiger partial charge >= 0.3 is 5.69 Å². The summed E-state index contributed by atoms with van der Waals surface area (Å²) in [5.41, 5.74) is -3.79. The lowest BCUT2D eigenvalue weighted by Crippen LogP contribution is -2.59. The molecule has 0 bridgehead atoms. The van der Waals surface area contributed by atoms with Crippen LogP contribution in [0.25, 0.3) is 5.69 Å². The Bertz CT molecular complexity index is 1690. The van der Waals surface area contributed by atoms with E-state index in [0.29, 0.717) is 22.1 Å². The fourth-order valence-electron chi connectivity index (χ4n) is 4.68. The Morgan fingerprint density at radius 3 is 2.54 bits per heavy atom. The summed E-state index contributed by atoms with van der Waals surface area (Å²) in [6.07, 6.45) is 1.17. The maximum Gasteiger partial charge on any atom is 0.336 e. The quantitative estimate of drug-likeness (QED) is 0.248. The van der Waals surface area contributed by atoms with E-state index in [1.165, 1.54) is 39.1 Å². The molecule has 202 valence electrons. The molecule has 2 heterocycles. The van der Waals surface area contributed by atoms with E-state index in [1.54, 1.807) is 24.3 Å². The Labute approximate surface area is 234 Å². The van der Waals surface area contributed by atoms with Crippen molar-refractivity contribution in [2.45, 2.75) is 38.3 Å². The molecule has 11 nitrogen and oxygen atoms in total. The lowest BCUT2D eigenvalue weighted by molar-refractivity contribution is -0.316. The predicted molar refractivity (Wildman–Crippen MR) is 148 cm³/mol. The number of benzene rings is 2. The van der Waals surface area contributed by atoms with E-state index in [1.807, 2.05) is 22.6 Å². The van der Waals surface area contributed by atoms with Gasteiger partial charge < -0.3 is 5.32 Å². The zero-order valence-corrected chi connectivity index (χ0v) is 23.2. The molecule has 0 radical (unpaired) electrons. The van der Waals surface area contributed by atoms with Gasteiger partial charge in [0.2, 0.25) is 11.5 Å². The highest BCUT2D eigenvalue weighted by Gasteiger charge is 2.52. The number of hydrogen-bond donors (Lipinski definition) is 2. The smallest absolute Gasteiger partial charge is 0.326 e. The molecular formula is C26H23FIN5O6. The summed E-state index contributed by atoms with van der Waals surface area (Å²) in [5.74, 6) is -2.09. The summed E-state index contributed by atoms with van der Waals surface area (Å²) in [5, 5.41) is 12.7. The second kappa shape index (κ2) is 9.81. The van der Waals surface area contributed by atoms with Crippen molar-refractivity contribution in [3.63, 3.8) is 0 Å². The van der Waals surface area contributed by atoms with Gasteiger partial charge in [-0.25, -0.2) is 19.1 Å². The summed E-state index contributed by atoms with van der Waals surface area (Å²) >= 11 is 1.94. The van der Waals surface area contributed by atoms with Crippen LogP contribution in [0.3, 0.4) is 0 Å². The molecule has 1 saturated carbocycles. The zero-order chi connectivity index (χ0) is 28.2. The number of anilines is 1. The molecule has 13 heteroatoms. The molecule has 2 aliphatic rings. The number of carbonyl (C=O) groups excluding carboxylic acids is 2. The Kier molecular flexibility index (Phi) is 6.76. The number of hydrogen-bond acceptors (Lipinski definition) is 7. The van der Waals surface area contributed by atoms with Gasteiger partial charge in [0.15, 0.2) is 5.84 Å². The second-order valence-electron chi connectivity index (χ2n) is 9.50. The van der Waals surface area contributed by atoms with Crippen LogP contribution in [0, 0.1) is 9.39 Å². The van der Waals surface area contributed by atoms with E-state index in [-0.39, 0.29) is 40.4 Å². The number of rotatable bonds is 5. The standard InChI is InChI=1S/C26H23FIN5O6/c1-13(34)29-15-5-4-6-17(12-15)32-21-20(23(35)33(25(32)37)16-8-9-16)22(31(3)24(36)26(21,2)39-38)30-19-10-7-14(28)11-18(19)27/h4-7,10-12,16,38H,8-9H2,1-3H3,(H,29,34). The normalized spacial score (nSPS) is 19.8. The third-order valence-corrected chi connectivity index (χ3v) is 7.32. The van der Waals surface area contributed by atoms with Gasteiger partial charge in [-0.1, -0.05) is 6.07 Å². The topological polar surface area (TPSA) is 135 Å². The third-order valence-electron chi connectivity index (χ3n) is 6.65. The van der Waals surface area contributed by atoms with E-state index < -0.39 is 28.6 Å². The van der Waals surface area contributed by atoms with Crippen molar-refractivity contribution in [1.29, 1.82) is 0 Å². The average molecular weight is 647 g/mol. The van der Waals surface area contributed by atoms with Gasteiger partial charge in [0.25, 0.3) is 11.5 Å². The Balaban J connectivity index is 1.92. The first-order valence-electron chi connectivity index (χ1n) is 11.9. The largest absolute Gasteiger partial charge is 0.336 e. The predicted octanol–water partition coefficient (Wildman–Crippen LogP) is 3.29. The SMILES string of the molecule is CC(=O)Nc1cccc(-n2c3c(c(=O)n(C4CC4)c2=O)C(=Nc2ccc(I)cc2F)N(C)C(=O)C3(C)OO)c1. The van der Waals surface area contributed by atoms with Gasteiger partial charge in [-0.15, -0.1) is 0 Å². The first kappa shape index (κ1) is 26.9. The van der Waals surface area contributed by atoms with Crippen molar-refractivity contribution in [3.05, 3.63) is 83.9 Å². The summed E-state index contributed by atoms with van der Waals surface area (Å²) < 4.78 is 17.6. The summed E-state index contributed by atoms with van der Waals surface area (Å²) in [7, 11) is 1.32. The molecule has 1 unspecified atom stereocenters. The summed E-state index contributed by atoms with van der Waals surface area (Å²) in [6, 6.07) is 10.1. The first-order chi connectivity index (χ1) is 18.5. The van der Waals surface area contributed by atoms with Gasteiger partial charge in [0.05, 0.1) is 11.4 Å². The molecule has 2 amide bonds. The summed E-state index contributed by atoms with van der Waals surface area (Å²) in [4.78, 5) is 63.2. The Morgan fingerprint density at radius 1 is 1.21 bits per heavy atom. The minimum Gasteiger partial charge on any atom is -0.326 e. The van der Waals surface area contributed by atoms with Crippen molar-refractivity contribution < 1.29 is 24.1 Å². The van der Waals surface area contributed by atoms with Gasteiger partial charge in [0, 0.05) is 29.3 Å². The molecule has 39 heavy (non-hydrogen) atoms. The number of nitrogens with one attached hydrogen (secondary N) is 1. The molecule has 0 saturated heterocycles. The molecule has 1 aromatic heterocycles. The second-order valence-corrected chi connectivity index (χ2v) is 10.7. The maximum atomic E-state index is 14.8. The lowest BCUT2D eigenvalue weighted by Gasteiger charge is -2.38. The lowest BCUT2D eigenvalue weighted by atomic mass is 9.90. The number of fused-ring (bicyclic) bond motifs is 1. The van der Waals surface area contributed by atoms with Crippen LogP contribution in [0.2, 0.25) is 0 Å². The van der Waals surface area contributed by atoms with Crippen molar-refractivity contribution in [1.82, 2.24) is 14.0 Å². The highest BCUT2D eigenvalue weighted by atomic mass is 127. The first-order valence-corrected chi connectivity index (χ1v) is 13.0. The molecule has 5 rings (SSSR count). The van der Waals surface area contributed by atoms with Gasteiger partial charge in [0.1, 0.15) is 17.1 Å². The number of amides is 2. The monoisotopic (exact) mass is 647 g/mol. The van der Waals surface area contributed by atoms with Crippen LogP contribution in [0.5, 0.6) is 0 Å². The molecular weight excluding hydrogens is 624 g/mol. The van der Waals surface area contributed by atoms with Crippen molar-refractivity contribution >= 4 is 51.6 Å². The van der Waals surface area contributed by atoms with Crippen molar-refractivity contribution in [2.75, 3.05) is 12.4 Å². The molecule has 1 atom stereocenters. The van der Waals surface area contributed by atoms with Crippen LogP contribution in [-0.4, -0.2) is 44.0 Å². The number of amidine groups is 1. The minimum absolute atomic E-state index is 0.132. The number of nitrogens with zero attached hydrogens (tertiary/aromatic N) is 4. The molecule has 2 aromatic carbocycles. The maximum absolute atomic E-state index is 14.8. The molecule has 2 N–H and O–H groups in total. The van der Waals surface area contributed by atoms with Crippen LogP contribution in [0.4, 0.5) is 15.8 Å². The highest BCUT2D eigenvalue weighted by molar-refractivity contribution is 14.1. The van der Waals surface area contributed by atoms with E-state index in [9.17, 15) is 28.8 Å². The van der Waals surface area contributed by atoms with E-state index in [4.69, 9.17) is 4.89 Å². The molecule has 1 aliphatic heterocycles. The van der Waals surface area contributed by atoms with Gasteiger partial charge in [-0.3, -0.25) is 33.7 Å². The average Bonchev–Trinajstić information content (AvgIpc) is 3.71. The van der Waals surface area contributed by atoms with E-state index in [0.717, 1.165) is 14.0 Å².